The Morgan fingerprint density at radius 3 is 2.95 bits per heavy atom. The second-order valence-corrected chi connectivity index (χ2v) is 4.42. The monoisotopic (exact) mass is 287 g/mol. The molecule has 9 nitrogen and oxygen atoms in total. The van der Waals surface area contributed by atoms with Crippen molar-refractivity contribution in [3.05, 3.63) is 22.0 Å². The summed E-state index contributed by atoms with van der Waals surface area (Å²) in [6.45, 7) is 2.02. The van der Waals surface area contributed by atoms with Crippen LogP contribution in [0.3, 0.4) is 0 Å². The number of nitrogens with zero attached hydrogens (tertiary/aromatic N) is 3. The lowest BCUT2D eigenvalue weighted by molar-refractivity contribution is -0.397. The van der Waals surface area contributed by atoms with Crippen LogP contribution >= 0.6 is 0 Å². The van der Waals surface area contributed by atoms with Gasteiger partial charge in [-0.2, -0.15) is 0 Å². The van der Waals surface area contributed by atoms with Gasteiger partial charge < -0.3 is 29.1 Å². The second kappa shape index (κ2) is 7.29. The molecule has 20 heavy (non-hydrogen) atoms. The molecule has 0 N–H and O–H groups in total. The van der Waals surface area contributed by atoms with Gasteiger partial charge in [-0.25, -0.2) is 4.57 Å². The fourth-order valence-corrected chi connectivity index (χ4v) is 1.96. The lowest BCUT2D eigenvalue weighted by atomic mass is 10.1. The van der Waals surface area contributed by atoms with Gasteiger partial charge in [0, 0.05) is 13.0 Å². The van der Waals surface area contributed by atoms with Crippen molar-refractivity contribution in [2.45, 2.75) is 13.2 Å². The Bertz CT molecular complexity index is 443. The van der Waals surface area contributed by atoms with Crippen LogP contribution in [0.1, 0.15) is 5.69 Å². The van der Waals surface area contributed by atoms with Gasteiger partial charge in [0.2, 0.25) is 0 Å². The predicted molar refractivity (Wildman–Crippen MR) is 65.8 cm³/mol. The summed E-state index contributed by atoms with van der Waals surface area (Å²) in [5, 5.41) is 11.0. The van der Waals surface area contributed by atoms with Gasteiger partial charge in [0.1, 0.15) is 26.4 Å². The molecule has 1 aliphatic rings. The molecule has 9 heteroatoms. The van der Waals surface area contributed by atoms with Crippen LogP contribution in [0.2, 0.25) is 0 Å². The Labute approximate surface area is 115 Å². The Kier molecular flexibility index (Phi) is 5.41. The molecule has 0 aromatic carbocycles. The smallest absolute Gasteiger partial charge is 0.390 e. The van der Waals surface area contributed by atoms with E-state index in [1.54, 1.807) is 6.20 Å². The first-order valence-corrected chi connectivity index (χ1v) is 6.13. The van der Waals surface area contributed by atoms with E-state index in [0.717, 1.165) is 0 Å². The number of hydrogen-bond donors (Lipinski definition) is 0. The number of methoxy groups -OCH3 is 1. The first-order chi connectivity index (χ1) is 9.70. The van der Waals surface area contributed by atoms with Crippen LogP contribution in [0.4, 0.5) is 5.95 Å². The molecule has 2 heterocycles. The molecule has 0 aliphatic carbocycles. The van der Waals surface area contributed by atoms with E-state index in [1.807, 2.05) is 0 Å². The van der Waals surface area contributed by atoms with Gasteiger partial charge >= 0.3 is 5.95 Å². The largest absolute Gasteiger partial charge is 0.434 e. The topological polar surface area (TPSA) is 97.9 Å². The van der Waals surface area contributed by atoms with E-state index >= 15 is 0 Å². The highest BCUT2D eigenvalue weighted by atomic mass is 16.7. The molecule has 0 bridgehead atoms. The molecule has 1 saturated heterocycles. The van der Waals surface area contributed by atoms with E-state index < -0.39 is 4.92 Å². The molecule has 1 aromatic rings. The second-order valence-electron chi connectivity index (χ2n) is 4.42. The Hall–Kier alpha value is -1.55. The zero-order valence-electron chi connectivity index (χ0n) is 11.2. The minimum atomic E-state index is -0.510. The van der Waals surface area contributed by atoms with Gasteiger partial charge in [0.25, 0.3) is 0 Å². The minimum Gasteiger partial charge on any atom is -0.390 e. The summed E-state index contributed by atoms with van der Waals surface area (Å²) in [5.74, 6) is -0.129. The zero-order chi connectivity index (χ0) is 14.4. The van der Waals surface area contributed by atoms with Crippen molar-refractivity contribution in [3.63, 3.8) is 0 Å². The van der Waals surface area contributed by atoms with Gasteiger partial charge in [0.05, 0.1) is 19.8 Å². The quantitative estimate of drug-likeness (QED) is 0.312. The van der Waals surface area contributed by atoms with Gasteiger partial charge in [-0.15, -0.1) is 0 Å². The van der Waals surface area contributed by atoms with Crippen molar-refractivity contribution < 1.29 is 23.9 Å². The number of nitro groups is 1. The van der Waals surface area contributed by atoms with Gasteiger partial charge in [-0.3, -0.25) is 0 Å². The molecule has 0 amide bonds. The average molecular weight is 287 g/mol. The predicted octanol–water partition coefficient (Wildman–Crippen LogP) is 0.532. The Morgan fingerprint density at radius 1 is 1.55 bits per heavy atom. The summed E-state index contributed by atoms with van der Waals surface area (Å²) < 4.78 is 21.7. The number of ether oxygens (including phenoxy) is 4. The average Bonchev–Trinajstić information content (AvgIpc) is 2.83. The highest BCUT2D eigenvalue weighted by Crippen LogP contribution is 2.17. The number of rotatable bonds is 7. The Balaban J connectivity index is 2.02. The van der Waals surface area contributed by atoms with Crippen molar-refractivity contribution >= 4 is 5.95 Å². The maximum atomic E-state index is 11.0. The Morgan fingerprint density at radius 2 is 2.30 bits per heavy atom. The van der Waals surface area contributed by atoms with Crippen molar-refractivity contribution in [3.8, 4) is 0 Å². The van der Waals surface area contributed by atoms with Crippen LogP contribution in [-0.4, -0.2) is 48.4 Å². The molecule has 0 unspecified atom stereocenters. The maximum absolute atomic E-state index is 11.0. The van der Waals surface area contributed by atoms with Crippen molar-refractivity contribution in [2.75, 3.05) is 33.9 Å². The lowest BCUT2D eigenvalue weighted by Gasteiger charge is -2.21. The molecule has 0 radical (unpaired) electrons. The van der Waals surface area contributed by atoms with E-state index in [0.29, 0.717) is 25.5 Å². The van der Waals surface area contributed by atoms with Crippen LogP contribution in [0.5, 0.6) is 0 Å². The molecule has 0 atom stereocenters. The summed E-state index contributed by atoms with van der Waals surface area (Å²) in [7, 11) is 1.50. The third kappa shape index (κ3) is 3.97. The molecule has 1 aliphatic heterocycles. The lowest BCUT2D eigenvalue weighted by Crippen LogP contribution is -2.28. The molecule has 1 aromatic heterocycles. The molecule has 0 spiro atoms. The molecule has 0 saturated carbocycles. The van der Waals surface area contributed by atoms with Crippen LogP contribution < -0.4 is 0 Å². The first kappa shape index (κ1) is 14.9. The van der Waals surface area contributed by atoms with E-state index in [-0.39, 0.29) is 32.1 Å². The van der Waals surface area contributed by atoms with E-state index in [9.17, 15) is 10.1 Å². The number of hydrogen-bond acceptors (Lipinski definition) is 7. The molecule has 2 rings (SSSR count). The van der Waals surface area contributed by atoms with Crippen molar-refractivity contribution in [1.29, 1.82) is 0 Å². The summed E-state index contributed by atoms with van der Waals surface area (Å²) in [4.78, 5) is 14.4. The normalized spacial score (nSPS) is 16.4. The third-order valence-corrected chi connectivity index (χ3v) is 2.75. The van der Waals surface area contributed by atoms with Crippen LogP contribution in [-0.2, 0) is 32.1 Å². The van der Waals surface area contributed by atoms with Crippen LogP contribution in [0, 0.1) is 16.0 Å². The standard InChI is InChI=1S/C11H17N3O6/c1-17-7-20-6-10-3-13(11(12-10)14(15)16)2-9-4-18-8-19-5-9/h3,9H,2,4-8H2,1H3. The zero-order valence-corrected chi connectivity index (χ0v) is 11.2. The molecular weight excluding hydrogens is 270 g/mol. The van der Waals surface area contributed by atoms with Gasteiger partial charge in [0.15, 0.2) is 5.69 Å². The van der Waals surface area contributed by atoms with Crippen LogP contribution in [0.25, 0.3) is 0 Å². The minimum absolute atomic E-state index is 0.0735. The van der Waals surface area contributed by atoms with E-state index in [2.05, 4.69) is 4.98 Å². The van der Waals surface area contributed by atoms with Crippen molar-refractivity contribution in [1.82, 2.24) is 9.55 Å². The highest BCUT2D eigenvalue weighted by molar-refractivity contribution is 5.14. The molecule has 1 fully saturated rings. The first-order valence-electron chi connectivity index (χ1n) is 6.13. The summed E-state index contributed by atoms with van der Waals surface area (Å²) in [5.41, 5.74) is 0.492. The van der Waals surface area contributed by atoms with E-state index in [1.165, 1.54) is 11.7 Å². The highest BCUT2D eigenvalue weighted by Gasteiger charge is 2.24. The van der Waals surface area contributed by atoms with E-state index in [4.69, 9.17) is 18.9 Å². The summed E-state index contributed by atoms with van der Waals surface area (Å²) >= 11 is 0. The maximum Gasteiger partial charge on any atom is 0.434 e. The number of aromatic nitrogens is 2. The van der Waals surface area contributed by atoms with Crippen LogP contribution in [0.15, 0.2) is 6.20 Å². The number of imidazole rings is 1. The molecule has 112 valence electrons. The fraction of sp³-hybridized carbons (Fsp3) is 0.727. The van der Waals surface area contributed by atoms with Crippen molar-refractivity contribution in [2.24, 2.45) is 5.92 Å². The summed E-state index contributed by atoms with van der Waals surface area (Å²) in [6, 6.07) is 0. The van der Waals surface area contributed by atoms with Gasteiger partial charge in [-0.1, -0.05) is 4.98 Å². The van der Waals surface area contributed by atoms with Gasteiger partial charge in [-0.05, 0) is 4.92 Å². The SMILES string of the molecule is COCOCc1cn(CC2COCOC2)c([N+](=O)[O-])n1. The summed E-state index contributed by atoms with van der Waals surface area (Å²) in [6.07, 6.45) is 1.61. The third-order valence-electron chi connectivity index (χ3n) is 2.75. The fourth-order valence-electron chi connectivity index (χ4n) is 1.96. The molecular formula is C11H17N3O6.